The van der Waals surface area contributed by atoms with Crippen molar-refractivity contribution in [3.8, 4) is 0 Å². The predicted molar refractivity (Wildman–Crippen MR) is 83.6 cm³/mol. The van der Waals surface area contributed by atoms with Gasteiger partial charge < -0.3 is 9.84 Å². The minimum Gasteiger partial charge on any atom is -0.442 e. The lowest BCUT2D eigenvalue weighted by Gasteiger charge is -2.23. The number of unbranched alkanes of at least 4 members (excludes halogenated alkanes) is 1. The van der Waals surface area contributed by atoms with Crippen LogP contribution < -0.4 is 0 Å². The molecule has 0 aromatic carbocycles. The van der Waals surface area contributed by atoms with Crippen LogP contribution in [-0.4, -0.2) is 28.1 Å². The van der Waals surface area contributed by atoms with E-state index < -0.39 is 17.3 Å². The summed E-state index contributed by atoms with van der Waals surface area (Å²) >= 11 is 0. The SMILES string of the molecule is CCCCC1(O)C[C@H]2CC(=NC(=O)OC(C)(C)C)C[C@H]2C1. The topological polar surface area (TPSA) is 58.9 Å². The summed E-state index contributed by atoms with van der Waals surface area (Å²) in [5.74, 6) is 0.987. The number of amides is 1. The molecule has 1 amide bonds. The molecule has 4 heteroatoms. The fraction of sp³-hybridized carbons (Fsp3) is 0.882. The molecule has 0 bridgehead atoms. The van der Waals surface area contributed by atoms with Crippen molar-refractivity contribution in [1.29, 1.82) is 0 Å². The lowest BCUT2D eigenvalue weighted by molar-refractivity contribution is 0.0298. The Morgan fingerprint density at radius 1 is 1.33 bits per heavy atom. The fourth-order valence-corrected chi connectivity index (χ4v) is 3.77. The van der Waals surface area contributed by atoms with Crippen LogP contribution in [0.1, 0.15) is 72.6 Å². The Morgan fingerprint density at radius 3 is 2.38 bits per heavy atom. The lowest BCUT2D eigenvalue weighted by Crippen LogP contribution is -2.26. The van der Waals surface area contributed by atoms with Crippen LogP contribution in [0.3, 0.4) is 0 Å². The van der Waals surface area contributed by atoms with Crippen LogP contribution in [0.25, 0.3) is 0 Å². The molecule has 0 aromatic rings. The van der Waals surface area contributed by atoms with E-state index >= 15 is 0 Å². The Hall–Kier alpha value is -0.900. The third-order valence-corrected chi connectivity index (χ3v) is 4.59. The Labute approximate surface area is 128 Å². The van der Waals surface area contributed by atoms with Crippen LogP contribution in [0.15, 0.2) is 4.99 Å². The lowest BCUT2D eigenvalue weighted by atomic mass is 9.92. The van der Waals surface area contributed by atoms with Gasteiger partial charge in [-0.2, -0.15) is 4.99 Å². The first-order chi connectivity index (χ1) is 9.71. The summed E-state index contributed by atoms with van der Waals surface area (Å²) in [5.41, 5.74) is -0.00415. The molecular weight excluding hydrogens is 266 g/mol. The van der Waals surface area contributed by atoms with Crippen LogP contribution in [0.5, 0.6) is 0 Å². The molecule has 2 fully saturated rings. The smallest absolute Gasteiger partial charge is 0.434 e. The molecule has 0 aliphatic heterocycles. The maximum Gasteiger partial charge on any atom is 0.434 e. The van der Waals surface area contributed by atoms with Gasteiger partial charge in [0.2, 0.25) is 0 Å². The number of aliphatic imine (C=N–C) groups is 1. The zero-order chi connectivity index (χ0) is 15.7. The largest absolute Gasteiger partial charge is 0.442 e. The molecule has 2 aliphatic rings. The van der Waals surface area contributed by atoms with Gasteiger partial charge in [-0.25, -0.2) is 4.79 Å². The Kier molecular flexibility index (Phi) is 4.76. The highest BCUT2D eigenvalue weighted by Crippen LogP contribution is 2.49. The van der Waals surface area contributed by atoms with Crippen molar-refractivity contribution in [2.24, 2.45) is 16.8 Å². The third-order valence-electron chi connectivity index (χ3n) is 4.59. The monoisotopic (exact) mass is 295 g/mol. The first-order valence-corrected chi connectivity index (χ1v) is 8.22. The second kappa shape index (κ2) is 6.07. The van der Waals surface area contributed by atoms with Gasteiger partial charge in [0.25, 0.3) is 0 Å². The van der Waals surface area contributed by atoms with Crippen LogP contribution in [0, 0.1) is 11.8 Å². The quantitative estimate of drug-likeness (QED) is 0.852. The molecule has 120 valence electrons. The summed E-state index contributed by atoms with van der Waals surface area (Å²) in [6.45, 7) is 7.71. The van der Waals surface area contributed by atoms with Crippen molar-refractivity contribution in [3.63, 3.8) is 0 Å². The normalized spacial score (nSPS) is 34.2. The molecule has 3 atom stereocenters. The number of ether oxygens (including phenoxy) is 1. The number of carbonyl (C=O) groups is 1. The Bertz CT molecular complexity index is 406. The number of hydrogen-bond acceptors (Lipinski definition) is 3. The Morgan fingerprint density at radius 2 is 1.90 bits per heavy atom. The minimum atomic E-state index is -0.490. The molecule has 2 saturated carbocycles. The zero-order valence-electron chi connectivity index (χ0n) is 13.8. The summed E-state index contributed by atoms with van der Waals surface area (Å²) in [6, 6.07) is 0. The van der Waals surface area contributed by atoms with Crippen LogP contribution in [-0.2, 0) is 4.74 Å². The molecule has 0 aromatic heterocycles. The van der Waals surface area contributed by atoms with E-state index in [2.05, 4.69) is 11.9 Å². The van der Waals surface area contributed by atoms with Crippen molar-refractivity contribution < 1.29 is 14.6 Å². The maximum atomic E-state index is 11.7. The van der Waals surface area contributed by atoms with E-state index in [9.17, 15) is 9.90 Å². The van der Waals surface area contributed by atoms with Crippen LogP contribution in [0.4, 0.5) is 4.79 Å². The highest BCUT2D eigenvalue weighted by molar-refractivity contribution is 5.95. The average Bonchev–Trinajstić information content (AvgIpc) is 2.78. The summed E-state index contributed by atoms with van der Waals surface area (Å²) in [4.78, 5) is 15.9. The summed E-state index contributed by atoms with van der Waals surface area (Å²) < 4.78 is 5.24. The molecular formula is C17H29NO3. The number of hydrogen-bond donors (Lipinski definition) is 1. The van der Waals surface area contributed by atoms with Crippen molar-refractivity contribution >= 4 is 11.8 Å². The average molecular weight is 295 g/mol. The molecule has 0 spiro atoms. The number of fused-ring (bicyclic) bond motifs is 1. The molecule has 2 aliphatic carbocycles. The van der Waals surface area contributed by atoms with Gasteiger partial charge in [-0.15, -0.1) is 0 Å². The summed E-state index contributed by atoms with van der Waals surface area (Å²) in [5, 5.41) is 10.6. The predicted octanol–water partition coefficient (Wildman–Crippen LogP) is 4.10. The van der Waals surface area contributed by atoms with E-state index in [0.29, 0.717) is 11.8 Å². The van der Waals surface area contributed by atoms with E-state index in [0.717, 1.165) is 50.7 Å². The van der Waals surface area contributed by atoms with Gasteiger partial charge in [-0.1, -0.05) is 19.8 Å². The summed E-state index contributed by atoms with van der Waals surface area (Å²) in [6.07, 6.45) is 6.08. The van der Waals surface area contributed by atoms with Gasteiger partial charge in [0.05, 0.1) is 5.60 Å². The van der Waals surface area contributed by atoms with Gasteiger partial charge in [-0.05, 0) is 64.7 Å². The molecule has 4 nitrogen and oxygen atoms in total. The minimum absolute atomic E-state index is 0.469. The van der Waals surface area contributed by atoms with Crippen LogP contribution in [0.2, 0.25) is 0 Å². The first kappa shape index (κ1) is 16.5. The standard InChI is InChI=1S/C17H29NO3/c1-5-6-7-17(20)10-12-8-14(9-13(12)11-17)18-15(19)21-16(2,3)4/h12-13,20H,5-11H2,1-4H3/t12-,13+,17?. The third kappa shape index (κ3) is 4.53. The highest BCUT2D eigenvalue weighted by Gasteiger charge is 2.47. The number of aliphatic hydroxyl groups is 1. The van der Waals surface area contributed by atoms with Crippen molar-refractivity contribution in [3.05, 3.63) is 0 Å². The van der Waals surface area contributed by atoms with Crippen LogP contribution >= 0.6 is 0 Å². The second-order valence-corrected chi connectivity index (χ2v) is 7.82. The molecule has 21 heavy (non-hydrogen) atoms. The van der Waals surface area contributed by atoms with Crippen molar-refractivity contribution in [2.45, 2.75) is 83.8 Å². The number of nitrogens with zero attached hydrogens (tertiary/aromatic N) is 1. The molecule has 2 rings (SSSR count). The molecule has 0 saturated heterocycles. The van der Waals surface area contributed by atoms with Gasteiger partial charge in [0.1, 0.15) is 5.60 Å². The van der Waals surface area contributed by atoms with E-state index in [1.807, 2.05) is 20.8 Å². The van der Waals surface area contributed by atoms with Crippen molar-refractivity contribution in [2.75, 3.05) is 0 Å². The van der Waals surface area contributed by atoms with E-state index in [4.69, 9.17) is 4.74 Å². The zero-order valence-corrected chi connectivity index (χ0v) is 13.8. The molecule has 0 heterocycles. The molecule has 0 radical (unpaired) electrons. The first-order valence-electron chi connectivity index (χ1n) is 8.22. The Balaban J connectivity index is 1.88. The maximum absolute atomic E-state index is 11.7. The number of rotatable bonds is 3. The van der Waals surface area contributed by atoms with Crippen molar-refractivity contribution in [1.82, 2.24) is 0 Å². The van der Waals surface area contributed by atoms with Gasteiger partial charge >= 0.3 is 6.09 Å². The summed E-state index contributed by atoms with van der Waals surface area (Å²) in [7, 11) is 0. The number of carbonyl (C=O) groups excluding carboxylic acids is 1. The highest BCUT2D eigenvalue weighted by atomic mass is 16.6. The van der Waals surface area contributed by atoms with E-state index in [-0.39, 0.29) is 0 Å². The fourth-order valence-electron chi connectivity index (χ4n) is 3.77. The second-order valence-electron chi connectivity index (χ2n) is 7.82. The molecule has 1 unspecified atom stereocenters. The van der Waals surface area contributed by atoms with E-state index in [1.165, 1.54) is 0 Å². The van der Waals surface area contributed by atoms with Gasteiger partial charge in [-0.3, -0.25) is 0 Å². The van der Waals surface area contributed by atoms with E-state index in [1.54, 1.807) is 0 Å². The molecule has 1 N–H and O–H groups in total. The van der Waals surface area contributed by atoms with Gasteiger partial charge in [0.15, 0.2) is 0 Å². The van der Waals surface area contributed by atoms with Gasteiger partial charge in [0, 0.05) is 5.71 Å².